The first-order chi connectivity index (χ1) is 16.5. The number of nitrogens with one attached hydrogen (secondary N) is 2. The molecule has 198 valence electrons. The molecular formula is C23H38N4O6S2. The van der Waals surface area contributed by atoms with Crippen LogP contribution >= 0.6 is 11.3 Å². The van der Waals surface area contributed by atoms with Crippen molar-refractivity contribution in [1.29, 1.82) is 0 Å². The van der Waals surface area contributed by atoms with E-state index in [4.69, 9.17) is 4.74 Å². The van der Waals surface area contributed by atoms with Crippen molar-refractivity contribution in [2.24, 2.45) is 0 Å². The van der Waals surface area contributed by atoms with Crippen molar-refractivity contribution in [3.8, 4) is 0 Å². The zero-order chi connectivity index (χ0) is 25.6. The molecule has 0 atom stereocenters. The lowest BCUT2D eigenvalue weighted by molar-refractivity contribution is -0.142. The number of carboxylic acid groups (broad SMARTS) is 1. The second kappa shape index (κ2) is 12.0. The van der Waals surface area contributed by atoms with Crippen LogP contribution in [0.25, 0.3) is 0 Å². The van der Waals surface area contributed by atoms with Gasteiger partial charge in [0.05, 0.1) is 12.3 Å². The quantitative estimate of drug-likeness (QED) is 0.412. The van der Waals surface area contributed by atoms with Crippen LogP contribution in [0.5, 0.6) is 0 Å². The number of amides is 2. The van der Waals surface area contributed by atoms with Crippen LogP contribution in [-0.4, -0.2) is 65.7 Å². The molecule has 1 aromatic heterocycles. The fraction of sp³-hybridized carbons (Fsp3) is 0.783. The average Bonchev–Trinajstić information content (AvgIpc) is 3.28. The highest BCUT2D eigenvalue weighted by molar-refractivity contribution is 7.91. The number of thiazole rings is 1. The van der Waals surface area contributed by atoms with Gasteiger partial charge in [-0.3, -0.25) is 10.1 Å². The number of carbonyl (C=O) groups excluding carboxylic acids is 1. The topological polar surface area (TPSA) is 138 Å². The van der Waals surface area contributed by atoms with Crippen molar-refractivity contribution >= 4 is 38.5 Å². The second-order valence-electron chi connectivity index (χ2n) is 9.95. The number of hydrogen-bond donors (Lipinski definition) is 3. The summed E-state index contributed by atoms with van der Waals surface area (Å²) in [6.45, 7) is 5.39. The Morgan fingerprint density at radius 1 is 1.14 bits per heavy atom. The van der Waals surface area contributed by atoms with Crippen LogP contribution in [0.2, 0.25) is 0 Å². The Kier molecular flexibility index (Phi) is 9.53. The van der Waals surface area contributed by atoms with Crippen LogP contribution in [0, 0.1) is 0 Å². The van der Waals surface area contributed by atoms with Crippen LogP contribution in [-0.2, 0) is 19.6 Å². The van der Waals surface area contributed by atoms with Gasteiger partial charge in [0.15, 0.2) is 9.34 Å². The summed E-state index contributed by atoms with van der Waals surface area (Å²) >= 11 is 0.808. The molecule has 0 spiro atoms. The summed E-state index contributed by atoms with van der Waals surface area (Å²) < 4.78 is 33.2. The van der Waals surface area contributed by atoms with Gasteiger partial charge in [-0.15, -0.1) is 0 Å². The van der Waals surface area contributed by atoms with Crippen LogP contribution in [0.15, 0.2) is 10.4 Å². The summed E-state index contributed by atoms with van der Waals surface area (Å²) in [6.07, 6.45) is 11.3. The first-order valence-electron chi connectivity index (χ1n) is 12.5. The van der Waals surface area contributed by atoms with E-state index >= 15 is 0 Å². The Balaban J connectivity index is 1.70. The predicted molar refractivity (Wildman–Crippen MR) is 134 cm³/mol. The highest BCUT2D eigenvalue weighted by Crippen LogP contribution is 2.32. The molecule has 2 amide bonds. The largest absolute Gasteiger partial charge is 0.480 e. The predicted octanol–water partition coefficient (Wildman–Crippen LogP) is 4.19. The summed E-state index contributed by atoms with van der Waals surface area (Å²) in [5, 5.41) is 12.2. The van der Waals surface area contributed by atoms with E-state index < -0.39 is 21.5 Å². The van der Waals surface area contributed by atoms with Gasteiger partial charge in [0, 0.05) is 18.7 Å². The molecule has 1 heterocycles. The fourth-order valence-electron chi connectivity index (χ4n) is 4.79. The van der Waals surface area contributed by atoms with E-state index in [1.165, 1.54) is 20.3 Å². The number of aliphatic carboxylic acids is 1. The summed E-state index contributed by atoms with van der Waals surface area (Å²) in [5.74, 6) is -1.29. The number of anilines is 1. The van der Waals surface area contributed by atoms with Gasteiger partial charge < -0.3 is 14.7 Å². The number of hydrogen-bond acceptors (Lipinski definition) is 7. The third-order valence-corrected chi connectivity index (χ3v) is 9.71. The van der Waals surface area contributed by atoms with Gasteiger partial charge >= 0.3 is 12.0 Å². The Hall–Kier alpha value is -1.76. The van der Waals surface area contributed by atoms with Crippen LogP contribution in [0.4, 0.5) is 9.93 Å². The first-order valence-corrected chi connectivity index (χ1v) is 14.8. The number of rotatable bonds is 10. The molecule has 2 fully saturated rings. The maximum absolute atomic E-state index is 13.4. The monoisotopic (exact) mass is 530 g/mol. The van der Waals surface area contributed by atoms with E-state index in [9.17, 15) is 23.1 Å². The van der Waals surface area contributed by atoms with E-state index in [0.29, 0.717) is 0 Å². The van der Waals surface area contributed by atoms with Crippen molar-refractivity contribution in [1.82, 2.24) is 14.6 Å². The molecule has 35 heavy (non-hydrogen) atoms. The molecule has 2 saturated carbocycles. The van der Waals surface area contributed by atoms with E-state index in [1.54, 1.807) is 0 Å². The van der Waals surface area contributed by atoms with Crippen molar-refractivity contribution in [2.45, 2.75) is 113 Å². The Morgan fingerprint density at radius 3 is 2.37 bits per heavy atom. The van der Waals surface area contributed by atoms with Gasteiger partial charge in [0.1, 0.15) is 5.54 Å². The van der Waals surface area contributed by atoms with Gasteiger partial charge in [-0.1, -0.05) is 37.5 Å². The summed E-state index contributed by atoms with van der Waals surface area (Å²) in [5.41, 5.74) is -1.68. The molecule has 0 radical (unpaired) electrons. The van der Waals surface area contributed by atoms with Crippen molar-refractivity contribution in [2.75, 3.05) is 11.9 Å². The van der Waals surface area contributed by atoms with Gasteiger partial charge in [-0.2, -0.15) is 4.72 Å². The van der Waals surface area contributed by atoms with Crippen LogP contribution < -0.4 is 10.0 Å². The minimum atomic E-state index is -4.11. The SMILES string of the molecule is CCCO[C@H]1CC[C@H](N(C(=O)Nc2ncc(S(=O)(=O)NC(C)(C)C(=O)O)s2)C2CCCCC2)CC1. The lowest BCUT2D eigenvalue weighted by Gasteiger charge is -2.42. The number of aromatic nitrogens is 1. The molecule has 0 unspecified atom stereocenters. The molecule has 3 rings (SSSR count). The van der Waals surface area contributed by atoms with Crippen LogP contribution in [0.3, 0.4) is 0 Å². The zero-order valence-electron chi connectivity index (χ0n) is 20.8. The summed E-state index contributed by atoms with van der Waals surface area (Å²) in [7, 11) is -4.11. The Bertz CT molecular complexity index is 966. The molecule has 0 aliphatic heterocycles. The number of ether oxygens (including phenoxy) is 1. The maximum atomic E-state index is 13.4. The molecule has 10 nitrogen and oxygen atoms in total. The molecule has 2 aliphatic carbocycles. The second-order valence-corrected chi connectivity index (χ2v) is 12.9. The normalized spacial score (nSPS) is 22.0. The van der Waals surface area contributed by atoms with Gasteiger partial charge in [-0.05, 0) is 58.8 Å². The standard InChI is InChI=1S/C23H38N4O6S2/c1-4-14-33-18-12-10-17(11-13-18)27(16-8-6-5-7-9-16)22(30)25-21-24-15-19(34-21)35(31,32)26-23(2,3)20(28)29/h15-18,26H,4-14H2,1-3H3,(H,28,29)(H,24,25,30)/t17-,18-. The molecular weight excluding hydrogens is 492 g/mol. The third-order valence-electron chi connectivity index (χ3n) is 6.68. The molecule has 2 aliphatic rings. The summed E-state index contributed by atoms with van der Waals surface area (Å²) in [4.78, 5) is 30.8. The minimum absolute atomic E-state index is 0.112. The average molecular weight is 531 g/mol. The lowest BCUT2D eigenvalue weighted by Crippen LogP contribution is -2.51. The number of carboxylic acids is 1. The van der Waals surface area contributed by atoms with Gasteiger partial charge in [-0.25, -0.2) is 18.2 Å². The van der Waals surface area contributed by atoms with E-state index in [-0.39, 0.29) is 33.6 Å². The maximum Gasteiger partial charge on any atom is 0.324 e. The van der Waals surface area contributed by atoms with E-state index in [0.717, 1.165) is 81.9 Å². The number of urea groups is 1. The zero-order valence-corrected chi connectivity index (χ0v) is 22.4. The highest BCUT2D eigenvalue weighted by atomic mass is 32.2. The van der Waals surface area contributed by atoms with Crippen molar-refractivity contribution in [3.05, 3.63) is 6.20 Å². The van der Waals surface area contributed by atoms with E-state index in [1.807, 2.05) is 4.90 Å². The molecule has 0 saturated heterocycles. The molecule has 12 heteroatoms. The Labute approximate surface area is 211 Å². The fourth-order valence-corrected chi connectivity index (χ4v) is 7.18. The highest BCUT2D eigenvalue weighted by Gasteiger charge is 2.36. The number of nitrogens with zero attached hydrogens (tertiary/aromatic N) is 2. The smallest absolute Gasteiger partial charge is 0.324 e. The summed E-state index contributed by atoms with van der Waals surface area (Å²) in [6, 6.07) is 0.00998. The third kappa shape index (κ3) is 7.37. The molecule has 0 bridgehead atoms. The van der Waals surface area contributed by atoms with Crippen LogP contribution in [0.1, 0.15) is 85.0 Å². The first kappa shape index (κ1) is 27.8. The number of sulfonamides is 1. The number of carbonyl (C=O) groups is 2. The van der Waals surface area contributed by atoms with Gasteiger partial charge in [0.2, 0.25) is 0 Å². The van der Waals surface area contributed by atoms with Gasteiger partial charge in [0.25, 0.3) is 10.0 Å². The Morgan fingerprint density at radius 2 is 1.77 bits per heavy atom. The molecule has 0 aromatic carbocycles. The molecule has 1 aromatic rings. The van der Waals surface area contributed by atoms with E-state index in [2.05, 4.69) is 21.9 Å². The minimum Gasteiger partial charge on any atom is -0.480 e. The molecule has 3 N–H and O–H groups in total. The van der Waals surface area contributed by atoms with Crippen molar-refractivity contribution < 1.29 is 27.9 Å². The van der Waals surface area contributed by atoms with Crippen molar-refractivity contribution in [3.63, 3.8) is 0 Å². The lowest BCUT2D eigenvalue weighted by atomic mass is 9.88.